The molecule has 0 radical (unpaired) electrons. The van der Waals surface area contributed by atoms with Crippen LogP contribution in [-0.2, 0) is 4.74 Å². The number of esters is 1. The van der Waals surface area contributed by atoms with E-state index in [0.29, 0.717) is 35.5 Å². The third-order valence-corrected chi connectivity index (χ3v) is 4.38. The molecule has 0 fully saturated rings. The lowest BCUT2D eigenvalue weighted by atomic mass is 10.1. The van der Waals surface area contributed by atoms with Crippen molar-refractivity contribution in [3.8, 4) is 0 Å². The van der Waals surface area contributed by atoms with Crippen molar-refractivity contribution in [2.75, 3.05) is 6.61 Å². The lowest BCUT2D eigenvalue weighted by molar-refractivity contribution is 0.0497. The van der Waals surface area contributed by atoms with Crippen molar-refractivity contribution in [1.82, 2.24) is 0 Å². The quantitative estimate of drug-likeness (QED) is 0.186. The number of carbonyl (C=O) groups is 2. The Labute approximate surface area is 166 Å². The number of azo groups is 1. The smallest absolute Gasteiger partial charge is 0.338 e. The summed E-state index contributed by atoms with van der Waals surface area (Å²) in [5.74, 6) is -0.206. The molecule has 148 valence electrons. The zero-order valence-electron chi connectivity index (χ0n) is 16.7. The van der Waals surface area contributed by atoms with Crippen LogP contribution in [0.4, 0.5) is 11.4 Å². The molecule has 2 rings (SSSR count). The van der Waals surface area contributed by atoms with E-state index < -0.39 is 0 Å². The summed E-state index contributed by atoms with van der Waals surface area (Å²) in [5, 5.41) is 8.32. The Morgan fingerprint density at radius 1 is 0.750 bits per heavy atom. The standard InChI is InChI=1S/C23H28N2O3/c1-3-5-6-7-8-17-28-23(27)19-11-15-21(16-12-19)25-24-20-13-9-18(10-14-20)22(26)4-2/h9-16H,3-8,17H2,1-2H3. The fraction of sp³-hybridized carbons (Fsp3) is 0.391. The number of carbonyl (C=O) groups excluding carboxylic acids is 2. The molecule has 0 amide bonds. The van der Waals surface area contributed by atoms with Gasteiger partial charge in [0.15, 0.2) is 5.78 Å². The highest BCUT2D eigenvalue weighted by molar-refractivity contribution is 5.96. The maximum atomic E-state index is 12.0. The van der Waals surface area contributed by atoms with Crippen molar-refractivity contribution in [3.63, 3.8) is 0 Å². The lowest BCUT2D eigenvalue weighted by Gasteiger charge is -2.05. The van der Waals surface area contributed by atoms with E-state index >= 15 is 0 Å². The van der Waals surface area contributed by atoms with E-state index in [2.05, 4.69) is 17.2 Å². The summed E-state index contributed by atoms with van der Waals surface area (Å²) in [4.78, 5) is 23.7. The van der Waals surface area contributed by atoms with E-state index in [4.69, 9.17) is 4.74 Å². The number of ketones is 1. The van der Waals surface area contributed by atoms with Crippen molar-refractivity contribution < 1.29 is 14.3 Å². The summed E-state index contributed by atoms with van der Waals surface area (Å²) in [7, 11) is 0. The molecule has 0 aliphatic rings. The zero-order valence-corrected chi connectivity index (χ0v) is 16.7. The predicted molar refractivity (Wildman–Crippen MR) is 111 cm³/mol. The highest BCUT2D eigenvalue weighted by Crippen LogP contribution is 2.20. The van der Waals surface area contributed by atoms with Crippen LogP contribution >= 0.6 is 0 Å². The molecule has 0 N–H and O–H groups in total. The Bertz CT molecular complexity index is 780. The van der Waals surface area contributed by atoms with Crippen LogP contribution in [0, 0.1) is 0 Å². The molecule has 2 aromatic carbocycles. The lowest BCUT2D eigenvalue weighted by Crippen LogP contribution is -2.06. The van der Waals surface area contributed by atoms with Gasteiger partial charge in [-0.25, -0.2) is 4.79 Å². The first-order valence-electron chi connectivity index (χ1n) is 9.96. The van der Waals surface area contributed by atoms with Crippen LogP contribution in [0.5, 0.6) is 0 Å². The number of unbranched alkanes of at least 4 members (excludes halogenated alkanes) is 4. The summed E-state index contributed by atoms with van der Waals surface area (Å²) >= 11 is 0. The van der Waals surface area contributed by atoms with Crippen LogP contribution < -0.4 is 0 Å². The molecule has 0 unspecified atom stereocenters. The highest BCUT2D eigenvalue weighted by atomic mass is 16.5. The van der Waals surface area contributed by atoms with Gasteiger partial charge < -0.3 is 4.74 Å². The predicted octanol–water partition coefficient (Wildman–Crippen LogP) is 6.82. The highest BCUT2D eigenvalue weighted by Gasteiger charge is 2.06. The van der Waals surface area contributed by atoms with Crippen LogP contribution in [0.15, 0.2) is 58.8 Å². The number of Topliss-reactive ketones (excluding diaryl/α,β-unsaturated/α-hetero) is 1. The second kappa shape index (κ2) is 11.8. The molecule has 2 aromatic rings. The summed E-state index contributed by atoms with van der Waals surface area (Å²) in [6, 6.07) is 13.9. The number of ether oxygens (including phenoxy) is 1. The average Bonchev–Trinajstić information content (AvgIpc) is 2.74. The summed E-state index contributed by atoms with van der Waals surface area (Å²) < 4.78 is 5.30. The van der Waals surface area contributed by atoms with Gasteiger partial charge in [-0.05, 0) is 55.0 Å². The fourth-order valence-electron chi connectivity index (χ4n) is 2.65. The Kier molecular flexibility index (Phi) is 9.05. The Morgan fingerprint density at radius 3 is 1.82 bits per heavy atom. The van der Waals surface area contributed by atoms with Crippen LogP contribution in [-0.4, -0.2) is 18.4 Å². The molecule has 0 spiro atoms. The minimum atomic E-state index is -0.310. The van der Waals surface area contributed by atoms with E-state index in [1.807, 2.05) is 6.92 Å². The zero-order chi connectivity index (χ0) is 20.2. The van der Waals surface area contributed by atoms with Gasteiger partial charge in [0, 0.05) is 12.0 Å². The van der Waals surface area contributed by atoms with Crippen molar-refractivity contribution >= 4 is 23.1 Å². The van der Waals surface area contributed by atoms with Crippen LogP contribution in [0.1, 0.15) is 73.1 Å². The first-order valence-corrected chi connectivity index (χ1v) is 9.96. The minimum Gasteiger partial charge on any atom is -0.462 e. The molecule has 0 saturated heterocycles. The fourth-order valence-corrected chi connectivity index (χ4v) is 2.65. The minimum absolute atomic E-state index is 0.104. The van der Waals surface area contributed by atoms with E-state index in [0.717, 1.165) is 12.8 Å². The van der Waals surface area contributed by atoms with Gasteiger partial charge in [-0.3, -0.25) is 4.79 Å². The molecule has 28 heavy (non-hydrogen) atoms. The van der Waals surface area contributed by atoms with Crippen molar-refractivity contribution in [1.29, 1.82) is 0 Å². The Balaban J connectivity index is 1.83. The van der Waals surface area contributed by atoms with Crippen molar-refractivity contribution in [2.45, 2.75) is 52.4 Å². The van der Waals surface area contributed by atoms with Crippen molar-refractivity contribution in [3.05, 3.63) is 59.7 Å². The largest absolute Gasteiger partial charge is 0.462 e. The SMILES string of the molecule is CCCCCCCOC(=O)c1ccc(N=Nc2ccc(C(=O)CC)cc2)cc1. The normalized spacial score (nSPS) is 10.9. The molecule has 0 bridgehead atoms. The second-order valence-corrected chi connectivity index (χ2v) is 6.62. The number of hydrogen-bond donors (Lipinski definition) is 0. The average molecular weight is 380 g/mol. The second-order valence-electron chi connectivity index (χ2n) is 6.62. The van der Waals surface area contributed by atoms with Crippen LogP contribution in [0.3, 0.4) is 0 Å². The molecule has 5 heteroatoms. The Hall–Kier alpha value is -2.82. The van der Waals surface area contributed by atoms with Gasteiger partial charge in [0.05, 0.1) is 23.5 Å². The van der Waals surface area contributed by atoms with E-state index in [9.17, 15) is 9.59 Å². The first kappa shape index (κ1) is 21.5. The third-order valence-electron chi connectivity index (χ3n) is 4.38. The Morgan fingerprint density at radius 2 is 1.29 bits per heavy atom. The van der Waals surface area contributed by atoms with Crippen LogP contribution in [0.25, 0.3) is 0 Å². The summed E-state index contributed by atoms with van der Waals surface area (Å²) in [6.45, 7) is 4.47. The molecule has 0 heterocycles. The van der Waals surface area contributed by atoms with Crippen LogP contribution in [0.2, 0.25) is 0 Å². The molecule has 0 aliphatic carbocycles. The third kappa shape index (κ3) is 7.06. The summed E-state index contributed by atoms with van der Waals surface area (Å²) in [6.07, 6.45) is 6.09. The van der Waals surface area contributed by atoms with Gasteiger partial charge in [0.25, 0.3) is 0 Å². The number of benzene rings is 2. The molecule has 0 atom stereocenters. The van der Waals surface area contributed by atoms with E-state index in [1.165, 1.54) is 19.3 Å². The monoisotopic (exact) mass is 380 g/mol. The molecule has 0 saturated carbocycles. The van der Waals surface area contributed by atoms with E-state index in [1.54, 1.807) is 48.5 Å². The summed E-state index contributed by atoms with van der Waals surface area (Å²) in [5.41, 5.74) is 2.49. The van der Waals surface area contributed by atoms with E-state index in [-0.39, 0.29) is 11.8 Å². The van der Waals surface area contributed by atoms with Gasteiger partial charge in [-0.1, -0.05) is 39.5 Å². The maximum Gasteiger partial charge on any atom is 0.338 e. The molecular weight excluding hydrogens is 352 g/mol. The van der Waals surface area contributed by atoms with Gasteiger partial charge in [0.2, 0.25) is 0 Å². The molecule has 0 aromatic heterocycles. The van der Waals surface area contributed by atoms with Crippen molar-refractivity contribution in [2.24, 2.45) is 10.2 Å². The molecule has 5 nitrogen and oxygen atoms in total. The first-order chi connectivity index (χ1) is 13.6. The number of hydrogen-bond acceptors (Lipinski definition) is 5. The molecule has 0 aliphatic heterocycles. The van der Waals surface area contributed by atoms with Gasteiger partial charge in [-0.2, -0.15) is 10.2 Å². The molecular formula is C23H28N2O3. The maximum absolute atomic E-state index is 12.0. The van der Waals surface area contributed by atoms with Gasteiger partial charge in [0.1, 0.15) is 0 Å². The van der Waals surface area contributed by atoms with Gasteiger partial charge in [-0.15, -0.1) is 0 Å². The number of rotatable bonds is 11. The topological polar surface area (TPSA) is 68.1 Å². The number of nitrogens with zero attached hydrogens (tertiary/aromatic N) is 2. The van der Waals surface area contributed by atoms with Gasteiger partial charge >= 0.3 is 5.97 Å².